The highest BCUT2D eigenvalue weighted by Crippen LogP contribution is 2.28. The maximum absolute atomic E-state index is 10.8. The largest absolute Gasteiger partial charge is 0.480 e. The van der Waals surface area contributed by atoms with E-state index in [0.717, 1.165) is 0 Å². The molecule has 0 amide bonds. The summed E-state index contributed by atoms with van der Waals surface area (Å²) in [5.41, 5.74) is -0.0194. The SMILES string of the molecule is COc1nc(Sc2ccnc(C(=O)O)c2)ncc1Br. The number of hydrogen-bond donors (Lipinski definition) is 1. The Labute approximate surface area is 121 Å². The molecule has 0 spiro atoms. The van der Waals surface area contributed by atoms with Crippen molar-refractivity contribution in [1.82, 2.24) is 15.0 Å². The minimum atomic E-state index is -1.07. The van der Waals surface area contributed by atoms with Crippen LogP contribution in [0.2, 0.25) is 0 Å². The highest BCUT2D eigenvalue weighted by molar-refractivity contribution is 9.10. The Morgan fingerprint density at radius 1 is 1.47 bits per heavy atom. The Morgan fingerprint density at radius 2 is 2.26 bits per heavy atom. The normalized spacial score (nSPS) is 10.2. The fourth-order valence-electron chi connectivity index (χ4n) is 1.23. The minimum Gasteiger partial charge on any atom is -0.480 e. The molecule has 1 N–H and O–H groups in total. The maximum atomic E-state index is 10.8. The lowest BCUT2D eigenvalue weighted by Crippen LogP contribution is -1.99. The fraction of sp³-hybridized carbons (Fsp3) is 0.0909. The molecule has 2 aromatic heterocycles. The number of hydrogen-bond acceptors (Lipinski definition) is 6. The van der Waals surface area contributed by atoms with Gasteiger partial charge in [0.05, 0.1) is 11.6 Å². The number of carbonyl (C=O) groups is 1. The van der Waals surface area contributed by atoms with E-state index in [1.54, 1.807) is 12.3 Å². The number of carboxylic acid groups (broad SMARTS) is 1. The van der Waals surface area contributed by atoms with E-state index in [9.17, 15) is 4.79 Å². The number of aromatic nitrogens is 3. The molecule has 0 unspecified atom stereocenters. The third-order valence-electron chi connectivity index (χ3n) is 2.04. The van der Waals surface area contributed by atoms with Crippen molar-refractivity contribution in [2.75, 3.05) is 7.11 Å². The summed E-state index contributed by atoms with van der Waals surface area (Å²) in [6.45, 7) is 0. The quantitative estimate of drug-likeness (QED) is 0.855. The number of nitrogens with zero attached hydrogens (tertiary/aromatic N) is 3. The van der Waals surface area contributed by atoms with E-state index < -0.39 is 5.97 Å². The Hall–Kier alpha value is -1.67. The van der Waals surface area contributed by atoms with Crippen LogP contribution in [0, 0.1) is 0 Å². The van der Waals surface area contributed by atoms with Crippen LogP contribution in [0.4, 0.5) is 0 Å². The van der Waals surface area contributed by atoms with Gasteiger partial charge in [-0.05, 0) is 39.8 Å². The first-order chi connectivity index (χ1) is 9.10. The van der Waals surface area contributed by atoms with Crippen LogP contribution in [-0.2, 0) is 0 Å². The summed E-state index contributed by atoms with van der Waals surface area (Å²) in [6, 6.07) is 3.15. The first kappa shape index (κ1) is 13.8. The summed E-state index contributed by atoms with van der Waals surface area (Å²) in [7, 11) is 1.51. The predicted molar refractivity (Wildman–Crippen MR) is 71.6 cm³/mol. The van der Waals surface area contributed by atoms with E-state index in [2.05, 4.69) is 30.9 Å². The Kier molecular flexibility index (Phi) is 4.33. The van der Waals surface area contributed by atoms with Gasteiger partial charge in [0.2, 0.25) is 5.88 Å². The average molecular weight is 342 g/mol. The molecule has 0 aliphatic heterocycles. The zero-order chi connectivity index (χ0) is 13.8. The first-order valence-corrected chi connectivity index (χ1v) is 6.65. The van der Waals surface area contributed by atoms with Gasteiger partial charge in [-0.15, -0.1) is 0 Å². The number of methoxy groups -OCH3 is 1. The second-order valence-electron chi connectivity index (χ2n) is 3.29. The van der Waals surface area contributed by atoms with Crippen molar-refractivity contribution in [3.63, 3.8) is 0 Å². The van der Waals surface area contributed by atoms with Crippen LogP contribution < -0.4 is 4.74 Å². The van der Waals surface area contributed by atoms with Crippen LogP contribution >= 0.6 is 27.7 Å². The molecular weight excluding hydrogens is 334 g/mol. The number of pyridine rings is 1. The fourth-order valence-corrected chi connectivity index (χ4v) is 2.32. The van der Waals surface area contributed by atoms with Crippen molar-refractivity contribution in [2.24, 2.45) is 0 Å². The van der Waals surface area contributed by atoms with E-state index in [-0.39, 0.29) is 5.69 Å². The van der Waals surface area contributed by atoms with Crippen molar-refractivity contribution < 1.29 is 14.6 Å². The molecule has 6 nitrogen and oxygen atoms in total. The van der Waals surface area contributed by atoms with Gasteiger partial charge in [-0.3, -0.25) is 0 Å². The Balaban J connectivity index is 2.26. The summed E-state index contributed by atoms with van der Waals surface area (Å²) in [5, 5.41) is 9.33. The van der Waals surface area contributed by atoms with Gasteiger partial charge in [-0.1, -0.05) is 0 Å². The van der Waals surface area contributed by atoms with E-state index >= 15 is 0 Å². The lowest BCUT2D eigenvalue weighted by atomic mass is 10.4. The van der Waals surface area contributed by atoms with Crippen LogP contribution in [-0.4, -0.2) is 33.1 Å². The van der Waals surface area contributed by atoms with E-state index in [1.807, 2.05) is 0 Å². The van der Waals surface area contributed by atoms with E-state index in [0.29, 0.717) is 20.4 Å². The average Bonchev–Trinajstić information content (AvgIpc) is 2.41. The number of ether oxygens (including phenoxy) is 1. The lowest BCUT2D eigenvalue weighted by Gasteiger charge is -2.04. The Bertz CT molecular complexity index is 624. The molecule has 0 atom stereocenters. The molecule has 2 rings (SSSR count). The molecule has 0 aromatic carbocycles. The topological polar surface area (TPSA) is 85.2 Å². The summed E-state index contributed by atoms with van der Waals surface area (Å²) in [5.74, 6) is -0.651. The van der Waals surface area contributed by atoms with Crippen molar-refractivity contribution in [2.45, 2.75) is 10.1 Å². The first-order valence-electron chi connectivity index (χ1n) is 5.04. The van der Waals surface area contributed by atoms with Gasteiger partial charge in [-0.25, -0.2) is 14.8 Å². The molecule has 2 heterocycles. The van der Waals surface area contributed by atoms with Crippen LogP contribution in [0.25, 0.3) is 0 Å². The standard InChI is InChI=1S/C11H8BrN3O3S/c1-18-9-7(12)5-14-11(15-9)19-6-2-3-13-8(4-6)10(16)17/h2-5H,1H3,(H,16,17). The molecule has 0 aliphatic rings. The second kappa shape index (κ2) is 5.98. The lowest BCUT2D eigenvalue weighted by molar-refractivity contribution is 0.0690. The van der Waals surface area contributed by atoms with E-state index in [4.69, 9.17) is 9.84 Å². The molecule has 0 radical (unpaired) electrons. The van der Waals surface area contributed by atoms with Gasteiger partial charge < -0.3 is 9.84 Å². The van der Waals surface area contributed by atoms with Gasteiger partial charge in [0.1, 0.15) is 5.69 Å². The Morgan fingerprint density at radius 3 is 2.95 bits per heavy atom. The van der Waals surface area contributed by atoms with Gasteiger partial charge >= 0.3 is 5.97 Å². The minimum absolute atomic E-state index is 0.0194. The van der Waals surface area contributed by atoms with Crippen molar-refractivity contribution in [3.05, 3.63) is 34.7 Å². The summed E-state index contributed by atoms with van der Waals surface area (Å²) < 4.78 is 5.72. The van der Waals surface area contributed by atoms with Crippen molar-refractivity contribution >= 4 is 33.7 Å². The molecule has 0 fully saturated rings. The maximum Gasteiger partial charge on any atom is 0.354 e. The monoisotopic (exact) mass is 341 g/mol. The highest BCUT2D eigenvalue weighted by Gasteiger charge is 2.09. The number of halogens is 1. The second-order valence-corrected chi connectivity index (χ2v) is 5.19. The van der Waals surface area contributed by atoms with Crippen LogP contribution in [0.15, 0.2) is 39.1 Å². The van der Waals surface area contributed by atoms with Crippen molar-refractivity contribution in [3.8, 4) is 5.88 Å². The third kappa shape index (κ3) is 3.42. The molecule has 8 heteroatoms. The van der Waals surface area contributed by atoms with Crippen LogP contribution in [0.3, 0.4) is 0 Å². The van der Waals surface area contributed by atoms with Gasteiger partial charge in [-0.2, -0.15) is 4.98 Å². The van der Waals surface area contributed by atoms with Gasteiger partial charge in [0.15, 0.2) is 5.16 Å². The van der Waals surface area contributed by atoms with Crippen molar-refractivity contribution in [1.29, 1.82) is 0 Å². The molecular formula is C11H8BrN3O3S. The number of aromatic carboxylic acids is 1. The van der Waals surface area contributed by atoms with Gasteiger partial charge in [0, 0.05) is 17.3 Å². The molecule has 0 bridgehead atoms. The number of carboxylic acids is 1. The third-order valence-corrected chi connectivity index (χ3v) is 3.46. The van der Waals surface area contributed by atoms with E-state index in [1.165, 1.54) is 31.1 Å². The molecule has 0 saturated carbocycles. The van der Waals surface area contributed by atoms with Gasteiger partial charge in [0.25, 0.3) is 0 Å². The molecule has 19 heavy (non-hydrogen) atoms. The molecule has 0 aliphatic carbocycles. The summed E-state index contributed by atoms with van der Waals surface area (Å²) in [4.78, 5) is 23.5. The zero-order valence-corrected chi connectivity index (χ0v) is 12.1. The van der Waals surface area contributed by atoms with Crippen LogP contribution in [0.1, 0.15) is 10.5 Å². The molecule has 98 valence electrons. The molecule has 0 saturated heterocycles. The predicted octanol–water partition coefficient (Wildman–Crippen LogP) is 2.49. The molecule has 2 aromatic rings. The smallest absolute Gasteiger partial charge is 0.354 e. The number of rotatable bonds is 4. The summed E-state index contributed by atoms with van der Waals surface area (Å²) >= 11 is 4.49. The zero-order valence-electron chi connectivity index (χ0n) is 9.70. The summed E-state index contributed by atoms with van der Waals surface area (Å²) in [6.07, 6.45) is 3.01. The van der Waals surface area contributed by atoms with Crippen LogP contribution in [0.5, 0.6) is 5.88 Å². The highest BCUT2D eigenvalue weighted by atomic mass is 79.9.